The molecule has 108 valence electrons. The van der Waals surface area contributed by atoms with Crippen molar-refractivity contribution in [1.29, 1.82) is 0 Å². The number of nitrogens with zero attached hydrogens (tertiary/aromatic N) is 2. The van der Waals surface area contributed by atoms with Crippen molar-refractivity contribution in [3.8, 4) is 0 Å². The zero-order valence-corrected chi connectivity index (χ0v) is 12.2. The van der Waals surface area contributed by atoms with Crippen LogP contribution >= 0.6 is 0 Å². The highest BCUT2D eigenvalue weighted by molar-refractivity contribution is 5.88. The number of hydrogen-bond donors (Lipinski definition) is 1. The Bertz CT molecular complexity index is 357. The van der Waals surface area contributed by atoms with Crippen molar-refractivity contribution in [2.75, 3.05) is 20.6 Å². The van der Waals surface area contributed by atoms with Gasteiger partial charge in [-0.3, -0.25) is 9.59 Å². The first kappa shape index (κ1) is 14.3. The van der Waals surface area contributed by atoms with Gasteiger partial charge in [-0.25, -0.2) is 0 Å². The van der Waals surface area contributed by atoms with E-state index in [2.05, 4.69) is 31.2 Å². The summed E-state index contributed by atoms with van der Waals surface area (Å²) in [5, 5.41) is 2.88. The fraction of sp³-hybridized carbons (Fsp3) is 0.857. The van der Waals surface area contributed by atoms with E-state index in [9.17, 15) is 9.59 Å². The number of carbonyl (C=O) groups excluding carboxylic acids is 2. The molecule has 2 fully saturated rings. The molecule has 3 atom stereocenters. The fourth-order valence-corrected chi connectivity index (χ4v) is 3.28. The van der Waals surface area contributed by atoms with Crippen molar-refractivity contribution in [3.05, 3.63) is 0 Å². The highest BCUT2D eigenvalue weighted by Crippen LogP contribution is 2.23. The van der Waals surface area contributed by atoms with E-state index in [4.69, 9.17) is 0 Å². The van der Waals surface area contributed by atoms with E-state index in [1.54, 1.807) is 0 Å². The lowest BCUT2D eigenvalue weighted by Crippen LogP contribution is -2.51. The fourth-order valence-electron chi connectivity index (χ4n) is 3.28. The lowest BCUT2D eigenvalue weighted by atomic mass is 10.1. The first-order valence-corrected chi connectivity index (χ1v) is 7.27. The van der Waals surface area contributed by atoms with Crippen LogP contribution in [0.1, 0.15) is 39.0 Å². The molecule has 2 rings (SSSR count). The second-order valence-electron chi connectivity index (χ2n) is 5.96. The highest BCUT2D eigenvalue weighted by atomic mass is 16.2. The summed E-state index contributed by atoms with van der Waals surface area (Å²) in [7, 11) is 4.12. The average Bonchev–Trinajstić information content (AvgIpc) is 2.60. The average molecular weight is 267 g/mol. The second kappa shape index (κ2) is 5.90. The van der Waals surface area contributed by atoms with Gasteiger partial charge in [-0.05, 0) is 40.3 Å². The Morgan fingerprint density at radius 3 is 2.68 bits per heavy atom. The normalized spacial score (nSPS) is 32.3. The van der Waals surface area contributed by atoms with Crippen LogP contribution in [-0.2, 0) is 9.59 Å². The minimum atomic E-state index is -0.307. The molecule has 2 aliphatic heterocycles. The molecule has 0 aromatic carbocycles. The van der Waals surface area contributed by atoms with Crippen molar-refractivity contribution in [2.45, 2.75) is 57.2 Å². The van der Waals surface area contributed by atoms with Gasteiger partial charge < -0.3 is 15.1 Å². The Labute approximate surface area is 115 Å². The number of likely N-dealkylation sites (tertiary alicyclic amines) is 1. The van der Waals surface area contributed by atoms with Gasteiger partial charge in [0, 0.05) is 25.0 Å². The highest BCUT2D eigenvalue weighted by Gasteiger charge is 2.38. The first-order chi connectivity index (χ1) is 9.00. The summed E-state index contributed by atoms with van der Waals surface area (Å²) in [4.78, 5) is 28.3. The van der Waals surface area contributed by atoms with Crippen LogP contribution < -0.4 is 5.32 Å². The van der Waals surface area contributed by atoms with E-state index in [0.29, 0.717) is 12.5 Å². The molecular weight excluding hydrogens is 242 g/mol. The van der Waals surface area contributed by atoms with Crippen LogP contribution in [0.5, 0.6) is 0 Å². The third-order valence-corrected chi connectivity index (χ3v) is 4.44. The SMILES string of the molecule is C[C@@H]1[C@@H](N(C)C)CCN1C(=O)[C@H]1CCCCC(=O)N1. The Balaban J connectivity index is 2.01. The lowest BCUT2D eigenvalue weighted by molar-refractivity contribution is -0.137. The summed E-state index contributed by atoms with van der Waals surface area (Å²) in [6.07, 6.45) is 4.20. The molecule has 1 N–H and O–H groups in total. The van der Waals surface area contributed by atoms with Crippen molar-refractivity contribution in [3.63, 3.8) is 0 Å². The maximum atomic E-state index is 12.6. The van der Waals surface area contributed by atoms with E-state index in [1.807, 2.05) is 4.90 Å². The number of nitrogens with one attached hydrogen (secondary N) is 1. The molecule has 19 heavy (non-hydrogen) atoms. The van der Waals surface area contributed by atoms with Crippen molar-refractivity contribution in [2.24, 2.45) is 0 Å². The molecule has 2 aliphatic rings. The third kappa shape index (κ3) is 3.08. The van der Waals surface area contributed by atoms with Gasteiger partial charge in [-0.2, -0.15) is 0 Å². The van der Waals surface area contributed by atoms with E-state index >= 15 is 0 Å². The standard InChI is InChI=1S/C14H25N3O2/c1-10-12(16(2)3)8-9-17(10)14(19)11-6-4-5-7-13(18)15-11/h10-12H,4-9H2,1-3H3,(H,15,18)/t10-,11-,12+/m1/s1. The van der Waals surface area contributed by atoms with Gasteiger partial charge in [-0.1, -0.05) is 6.42 Å². The molecule has 2 amide bonds. The summed E-state index contributed by atoms with van der Waals surface area (Å²) >= 11 is 0. The Kier molecular flexibility index (Phi) is 4.45. The zero-order valence-electron chi connectivity index (χ0n) is 12.2. The minimum Gasteiger partial charge on any atom is -0.344 e. The van der Waals surface area contributed by atoms with Gasteiger partial charge in [-0.15, -0.1) is 0 Å². The quantitative estimate of drug-likeness (QED) is 0.797. The van der Waals surface area contributed by atoms with E-state index in [0.717, 1.165) is 32.2 Å². The number of carbonyl (C=O) groups is 2. The molecule has 0 spiro atoms. The maximum Gasteiger partial charge on any atom is 0.245 e. The molecule has 2 heterocycles. The number of hydrogen-bond acceptors (Lipinski definition) is 3. The number of likely N-dealkylation sites (N-methyl/N-ethyl adjacent to an activating group) is 1. The molecule has 2 saturated heterocycles. The summed E-state index contributed by atoms with van der Waals surface area (Å²) in [5.74, 6) is 0.124. The molecule has 0 unspecified atom stereocenters. The molecule has 5 heteroatoms. The molecule has 5 nitrogen and oxygen atoms in total. The topological polar surface area (TPSA) is 52.7 Å². The Morgan fingerprint density at radius 2 is 2.05 bits per heavy atom. The molecule has 0 aromatic heterocycles. The molecular formula is C14H25N3O2. The van der Waals surface area contributed by atoms with Gasteiger partial charge in [0.25, 0.3) is 0 Å². The van der Waals surface area contributed by atoms with Gasteiger partial charge in [0.15, 0.2) is 0 Å². The van der Waals surface area contributed by atoms with Crippen LogP contribution in [0.4, 0.5) is 0 Å². The first-order valence-electron chi connectivity index (χ1n) is 7.27. The van der Waals surface area contributed by atoms with Crippen LogP contribution in [0.15, 0.2) is 0 Å². The molecule has 0 bridgehead atoms. The predicted octanol–water partition coefficient (Wildman–Crippen LogP) is 0.596. The van der Waals surface area contributed by atoms with E-state index < -0.39 is 0 Å². The van der Waals surface area contributed by atoms with Crippen LogP contribution in [-0.4, -0.2) is 60.4 Å². The van der Waals surface area contributed by atoms with Crippen molar-refractivity contribution < 1.29 is 9.59 Å². The van der Waals surface area contributed by atoms with Crippen LogP contribution in [0.25, 0.3) is 0 Å². The van der Waals surface area contributed by atoms with E-state index in [1.165, 1.54) is 0 Å². The van der Waals surface area contributed by atoms with Crippen LogP contribution in [0, 0.1) is 0 Å². The monoisotopic (exact) mass is 267 g/mol. The van der Waals surface area contributed by atoms with Gasteiger partial charge in [0.1, 0.15) is 6.04 Å². The third-order valence-electron chi connectivity index (χ3n) is 4.44. The van der Waals surface area contributed by atoms with E-state index in [-0.39, 0.29) is 23.9 Å². The second-order valence-corrected chi connectivity index (χ2v) is 5.96. The van der Waals surface area contributed by atoms with Gasteiger partial charge >= 0.3 is 0 Å². The minimum absolute atomic E-state index is 0.0202. The maximum absolute atomic E-state index is 12.6. The molecule has 0 saturated carbocycles. The largest absolute Gasteiger partial charge is 0.344 e. The predicted molar refractivity (Wildman–Crippen MR) is 73.7 cm³/mol. The summed E-state index contributed by atoms with van der Waals surface area (Å²) < 4.78 is 0. The Morgan fingerprint density at radius 1 is 1.32 bits per heavy atom. The summed E-state index contributed by atoms with van der Waals surface area (Å²) in [5.41, 5.74) is 0. The van der Waals surface area contributed by atoms with Crippen molar-refractivity contribution >= 4 is 11.8 Å². The zero-order chi connectivity index (χ0) is 14.0. The van der Waals surface area contributed by atoms with Crippen LogP contribution in [0.2, 0.25) is 0 Å². The molecule has 0 aliphatic carbocycles. The molecule has 0 radical (unpaired) electrons. The number of rotatable bonds is 2. The smallest absolute Gasteiger partial charge is 0.245 e. The van der Waals surface area contributed by atoms with Crippen LogP contribution in [0.3, 0.4) is 0 Å². The number of amides is 2. The Hall–Kier alpha value is -1.10. The lowest BCUT2D eigenvalue weighted by Gasteiger charge is -2.30. The summed E-state index contributed by atoms with van der Waals surface area (Å²) in [6.45, 7) is 2.91. The van der Waals surface area contributed by atoms with Gasteiger partial charge in [0.05, 0.1) is 0 Å². The van der Waals surface area contributed by atoms with Crippen molar-refractivity contribution in [1.82, 2.24) is 15.1 Å². The van der Waals surface area contributed by atoms with Gasteiger partial charge in [0.2, 0.25) is 11.8 Å². The summed E-state index contributed by atoms with van der Waals surface area (Å²) in [6, 6.07) is 0.339. The molecule has 0 aromatic rings.